The van der Waals surface area contributed by atoms with Crippen molar-refractivity contribution in [2.45, 2.75) is 23.6 Å². The van der Waals surface area contributed by atoms with Crippen molar-refractivity contribution in [3.63, 3.8) is 0 Å². The molecule has 1 amide bonds. The SMILES string of the molecule is O=C(Cc1nc(CSc2ccc3c(c2)OCCO3)cs1)NCc1ccccc1. The van der Waals surface area contributed by atoms with Crippen LogP contribution in [0.25, 0.3) is 0 Å². The molecule has 0 aliphatic carbocycles. The number of nitrogens with one attached hydrogen (secondary N) is 1. The van der Waals surface area contributed by atoms with Gasteiger partial charge in [-0.2, -0.15) is 0 Å². The van der Waals surface area contributed by atoms with Crippen LogP contribution >= 0.6 is 23.1 Å². The molecule has 0 unspecified atom stereocenters. The van der Waals surface area contributed by atoms with E-state index in [1.54, 1.807) is 11.8 Å². The Morgan fingerprint density at radius 1 is 1.11 bits per heavy atom. The second kappa shape index (κ2) is 9.12. The van der Waals surface area contributed by atoms with E-state index in [9.17, 15) is 4.79 Å². The summed E-state index contributed by atoms with van der Waals surface area (Å²) in [5.74, 6) is 2.34. The number of carbonyl (C=O) groups is 1. The van der Waals surface area contributed by atoms with Gasteiger partial charge in [-0.15, -0.1) is 23.1 Å². The minimum atomic E-state index is -0.00996. The van der Waals surface area contributed by atoms with Crippen molar-refractivity contribution in [3.8, 4) is 11.5 Å². The van der Waals surface area contributed by atoms with E-state index in [2.05, 4.69) is 10.3 Å². The van der Waals surface area contributed by atoms with Crippen LogP contribution in [0.1, 0.15) is 16.3 Å². The molecule has 1 aromatic heterocycles. The lowest BCUT2D eigenvalue weighted by atomic mass is 10.2. The van der Waals surface area contributed by atoms with Gasteiger partial charge in [-0.3, -0.25) is 4.79 Å². The van der Waals surface area contributed by atoms with Crippen molar-refractivity contribution in [1.29, 1.82) is 0 Å². The molecule has 0 saturated carbocycles. The fourth-order valence-corrected chi connectivity index (χ4v) is 4.48. The Morgan fingerprint density at radius 2 is 1.93 bits per heavy atom. The van der Waals surface area contributed by atoms with Crippen LogP contribution in [0.3, 0.4) is 0 Å². The van der Waals surface area contributed by atoms with E-state index in [1.807, 2.05) is 53.9 Å². The molecule has 5 nitrogen and oxygen atoms in total. The van der Waals surface area contributed by atoms with Gasteiger partial charge < -0.3 is 14.8 Å². The molecule has 1 aliphatic rings. The summed E-state index contributed by atoms with van der Waals surface area (Å²) in [5, 5.41) is 5.80. The number of thioether (sulfide) groups is 1. The maximum Gasteiger partial charge on any atom is 0.227 e. The van der Waals surface area contributed by atoms with Gasteiger partial charge in [-0.1, -0.05) is 30.3 Å². The number of nitrogens with zero attached hydrogens (tertiary/aromatic N) is 1. The number of thiazole rings is 1. The summed E-state index contributed by atoms with van der Waals surface area (Å²) in [4.78, 5) is 17.8. The second-order valence-electron chi connectivity index (χ2n) is 6.27. The lowest BCUT2D eigenvalue weighted by molar-refractivity contribution is -0.120. The van der Waals surface area contributed by atoms with Gasteiger partial charge >= 0.3 is 0 Å². The molecule has 0 saturated heterocycles. The molecule has 2 heterocycles. The van der Waals surface area contributed by atoms with Crippen LogP contribution in [0.2, 0.25) is 0 Å². The zero-order chi connectivity index (χ0) is 19.2. The summed E-state index contributed by atoms with van der Waals surface area (Å²) >= 11 is 3.22. The Kier molecular flexibility index (Phi) is 6.14. The molecule has 144 valence electrons. The number of fused-ring (bicyclic) bond motifs is 1. The number of rotatable bonds is 7. The number of aromatic nitrogens is 1. The molecule has 0 atom stereocenters. The summed E-state index contributed by atoms with van der Waals surface area (Å²) in [7, 11) is 0. The summed E-state index contributed by atoms with van der Waals surface area (Å²) in [5.41, 5.74) is 2.07. The average molecular weight is 413 g/mol. The van der Waals surface area contributed by atoms with Crippen LogP contribution in [0.15, 0.2) is 58.8 Å². The topological polar surface area (TPSA) is 60.5 Å². The molecule has 4 rings (SSSR count). The molecule has 7 heteroatoms. The first-order valence-corrected chi connectivity index (χ1v) is 10.9. The van der Waals surface area contributed by atoms with Gasteiger partial charge in [0.1, 0.15) is 18.2 Å². The molecule has 0 fully saturated rings. The third-order valence-corrected chi connectivity index (χ3v) is 6.07. The van der Waals surface area contributed by atoms with E-state index in [0.717, 1.165) is 38.4 Å². The van der Waals surface area contributed by atoms with Gasteiger partial charge in [0.2, 0.25) is 5.91 Å². The van der Waals surface area contributed by atoms with Gasteiger partial charge in [0, 0.05) is 22.6 Å². The largest absolute Gasteiger partial charge is 0.486 e. The van der Waals surface area contributed by atoms with Gasteiger partial charge in [-0.25, -0.2) is 4.98 Å². The second-order valence-corrected chi connectivity index (χ2v) is 8.26. The molecule has 1 N–H and O–H groups in total. The Morgan fingerprint density at radius 3 is 2.79 bits per heavy atom. The van der Waals surface area contributed by atoms with E-state index in [4.69, 9.17) is 9.47 Å². The van der Waals surface area contributed by atoms with Crippen LogP contribution in [0.4, 0.5) is 0 Å². The predicted octanol–water partition coefficient (Wildman–Crippen LogP) is 4.07. The molecule has 28 heavy (non-hydrogen) atoms. The fraction of sp³-hybridized carbons (Fsp3) is 0.238. The van der Waals surface area contributed by atoms with Crippen molar-refractivity contribution >= 4 is 29.0 Å². The summed E-state index contributed by atoms with van der Waals surface area (Å²) in [6.07, 6.45) is 0.312. The Balaban J connectivity index is 1.26. The highest BCUT2D eigenvalue weighted by Gasteiger charge is 2.13. The van der Waals surface area contributed by atoms with Crippen LogP contribution in [0, 0.1) is 0 Å². The summed E-state index contributed by atoms with van der Waals surface area (Å²) in [6.45, 7) is 1.72. The fourth-order valence-electron chi connectivity index (χ4n) is 2.76. The van der Waals surface area contributed by atoms with Gasteiger partial charge in [-0.05, 0) is 23.8 Å². The van der Waals surface area contributed by atoms with Crippen molar-refractivity contribution in [1.82, 2.24) is 10.3 Å². The van der Waals surface area contributed by atoms with Crippen molar-refractivity contribution in [2.75, 3.05) is 13.2 Å². The van der Waals surface area contributed by atoms with E-state index in [-0.39, 0.29) is 5.91 Å². The molecule has 3 aromatic rings. The molecule has 0 bridgehead atoms. The third kappa shape index (κ3) is 5.05. The van der Waals surface area contributed by atoms with Gasteiger partial charge in [0.05, 0.1) is 12.1 Å². The lowest BCUT2D eigenvalue weighted by Crippen LogP contribution is -2.24. The number of benzene rings is 2. The van der Waals surface area contributed by atoms with Gasteiger partial charge in [0.15, 0.2) is 11.5 Å². The zero-order valence-corrected chi connectivity index (χ0v) is 16.9. The zero-order valence-electron chi connectivity index (χ0n) is 15.2. The first-order valence-electron chi connectivity index (χ1n) is 9.02. The number of hydrogen-bond acceptors (Lipinski definition) is 6. The number of amides is 1. The normalized spacial score (nSPS) is 12.6. The first kappa shape index (κ1) is 18.8. The standard InChI is InChI=1S/C21H20N2O3S2/c24-20(22-12-15-4-2-1-3-5-15)11-21-23-16(14-28-21)13-27-17-6-7-18-19(10-17)26-9-8-25-18/h1-7,10,14H,8-9,11-13H2,(H,22,24). The molecule has 1 aliphatic heterocycles. The van der Waals surface area contributed by atoms with E-state index in [1.165, 1.54) is 11.3 Å². The van der Waals surface area contributed by atoms with E-state index >= 15 is 0 Å². The molecule has 0 radical (unpaired) electrons. The number of carbonyl (C=O) groups excluding carboxylic acids is 1. The highest BCUT2D eigenvalue weighted by molar-refractivity contribution is 7.98. The lowest BCUT2D eigenvalue weighted by Gasteiger charge is -2.18. The average Bonchev–Trinajstić information content (AvgIpc) is 3.18. The Labute approximate surface area is 172 Å². The van der Waals surface area contributed by atoms with Crippen LogP contribution in [-0.4, -0.2) is 24.1 Å². The maximum atomic E-state index is 12.1. The summed E-state index contributed by atoms with van der Waals surface area (Å²) in [6, 6.07) is 15.9. The number of ether oxygens (including phenoxy) is 2. The molecule has 2 aromatic carbocycles. The van der Waals surface area contributed by atoms with Crippen LogP contribution in [-0.2, 0) is 23.5 Å². The minimum absolute atomic E-state index is 0.00996. The Hall–Kier alpha value is -2.51. The first-order chi connectivity index (χ1) is 13.8. The smallest absolute Gasteiger partial charge is 0.227 e. The maximum absolute atomic E-state index is 12.1. The van der Waals surface area contributed by atoms with E-state index < -0.39 is 0 Å². The highest BCUT2D eigenvalue weighted by atomic mass is 32.2. The predicted molar refractivity (Wildman–Crippen MR) is 111 cm³/mol. The third-order valence-electron chi connectivity index (χ3n) is 4.14. The number of hydrogen-bond donors (Lipinski definition) is 1. The van der Waals surface area contributed by atoms with Crippen LogP contribution in [0.5, 0.6) is 11.5 Å². The van der Waals surface area contributed by atoms with Crippen LogP contribution < -0.4 is 14.8 Å². The van der Waals surface area contributed by atoms with Crippen molar-refractivity contribution in [3.05, 3.63) is 70.2 Å². The monoisotopic (exact) mass is 412 g/mol. The quantitative estimate of drug-likeness (QED) is 0.593. The van der Waals surface area contributed by atoms with E-state index in [0.29, 0.717) is 26.2 Å². The molecule has 0 spiro atoms. The Bertz CT molecular complexity index is 944. The molecular formula is C21H20N2O3S2. The van der Waals surface area contributed by atoms with Crippen molar-refractivity contribution in [2.24, 2.45) is 0 Å². The van der Waals surface area contributed by atoms with Crippen molar-refractivity contribution < 1.29 is 14.3 Å². The summed E-state index contributed by atoms with van der Waals surface area (Å²) < 4.78 is 11.2. The highest BCUT2D eigenvalue weighted by Crippen LogP contribution is 2.35. The molecular weight excluding hydrogens is 392 g/mol. The van der Waals surface area contributed by atoms with Gasteiger partial charge in [0.25, 0.3) is 0 Å². The minimum Gasteiger partial charge on any atom is -0.486 e.